The fourth-order valence-electron chi connectivity index (χ4n) is 1.63. The molecule has 5 heteroatoms. The summed E-state index contributed by atoms with van der Waals surface area (Å²) in [4.78, 5) is 16.1. The molecule has 0 bridgehead atoms. The third kappa shape index (κ3) is 4.64. The van der Waals surface area contributed by atoms with Crippen molar-refractivity contribution in [3.8, 4) is 0 Å². The molecule has 0 fully saturated rings. The number of thiazole rings is 1. The van der Waals surface area contributed by atoms with Gasteiger partial charge in [0, 0.05) is 11.4 Å². The van der Waals surface area contributed by atoms with Crippen LogP contribution in [-0.4, -0.2) is 16.9 Å². The molecule has 0 aliphatic carbocycles. The maximum absolute atomic E-state index is 11.8. The van der Waals surface area contributed by atoms with Crippen LogP contribution in [0.3, 0.4) is 0 Å². The number of nitrogens with one attached hydrogen (secondary N) is 1. The molecule has 1 rings (SSSR count). The van der Waals surface area contributed by atoms with E-state index in [9.17, 15) is 4.79 Å². The van der Waals surface area contributed by atoms with E-state index < -0.39 is 0 Å². The van der Waals surface area contributed by atoms with Gasteiger partial charge in [-0.3, -0.25) is 4.79 Å². The van der Waals surface area contributed by atoms with Gasteiger partial charge in [-0.2, -0.15) is 0 Å². The molecule has 3 nitrogen and oxygen atoms in total. The molecule has 1 N–H and O–H groups in total. The van der Waals surface area contributed by atoms with Gasteiger partial charge in [-0.05, 0) is 12.3 Å². The Bertz CT molecular complexity index is 365. The van der Waals surface area contributed by atoms with E-state index in [4.69, 9.17) is 11.6 Å². The van der Waals surface area contributed by atoms with Gasteiger partial charge in [0.15, 0.2) is 0 Å². The van der Waals surface area contributed by atoms with Crippen LogP contribution in [0.25, 0.3) is 0 Å². The van der Waals surface area contributed by atoms with Crippen LogP contribution in [0.15, 0.2) is 5.38 Å². The lowest BCUT2D eigenvalue weighted by Gasteiger charge is -2.20. The predicted molar refractivity (Wildman–Crippen MR) is 72.4 cm³/mol. The lowest BCUT2D eigenvalue weighted by Crippen LogP contribution is -2.38. The first-order valence-electron chi connectivity index (χ1n) is 5.85. The third-order valence-corrected chi connectivity index (χ3v) is 3.81. The van der Waals surface area contributed by atoms with Crippen molar-refractivity contribution in [3.05, 3.63) is 16.1 Å². The van der Waals surface area contributed by atoms with Crippen LogP contribution in [0, 0.1) is 5.92 Å². The lowest BCUT2D eigenvalue weighted by molar-refractivity contribution is -0.121. The standard InChI is InChI=1S/C12H19ClN2OS/c1-4-10(8(2)3)15-11(16)5-12-14-9(6-13)7-17-12/h7-8,10H,4-6H2,1-3H3,(H,15,16). The maximum Gasteiger partial charge on any atom is 0.227 e. The summed E-state index contributed by atoms with van der Waals surface area (Å²) in [6, 6.07) is 0.245. The molecule has 1 unspecified atom stereocenters. The summed E-state index contributed by atoms with van der Waals surface area (Å²) in [6.07, 6.45) is 1.30. The number of hydrogen-bond acceptors (Lipinski definition) is 3. The monoisotopic (exact) mass is 274 g/mol. The number of aromatic nitrogens is 1. The molecule has 0 saturated carbocycles. The Morgan fingerprint density at radius 1 is 1.59 bits per heavy atom. The van der Waals surface area contributed by atoms with E-state index in [-0.39, 0.29) is 11.9 Å². The van der Waals surface area contributed by atoms with Gasteiger partial charge >= 0.3 is 0 Å². The zero-order valence-corrected chi connectivity index (χ0v) is 12.1. The molecule has 1 heterocycles. The number of hydrogen-bond donors (Lipinski definition) is 1. The fraction of sp³-hybridized carbons (Fsp3) is 0.667. The van der Waals surface area contributed by atoms with Crippen molar-refractivity contribution in [2.24, 2.45) is 5.92 Å². The molecule has 1 aromatic heterocycles. The third-order valence-electron chi connectivity index (χ3n) is 2.64. The Morgan fingerprint density at radius 3 is 2.76 bits per heavy atom. The Hall–Kier alpha value is -0.610. The Morgan fingerprint density at radius 2 is 2.29 bits per heavy atom. The number of amides is 1. The van der Waals surface area contributed by atoms with Gasteiger partial charge in [0.25, 0.3) is 0 Å². The Kier molecular flexibility index (Phi) is 5.92. The van der Waals surface area contributed by atoms with Crippen LogP contribution >= 0.6 is 22.9 Å². The van der Waals surface area contributed by atoms with Gasteiger partial charge < -0.3 is 5.32 Å². The van der Waals surface area contributed by atoms with Crippen LogP contribution in [0.4, 0.5) is 0 Å². The summed E-state index contributed by atoms with van der Waals surface area (Å²) in [5.74, 6) is 0.904. The highest BCUT2D eigenvalue weighted by Crippen LogP contribution is 2.13. The second-order valence-corrected chi connectivity index (χ2v) is 5.58. The fourth-order valence-corrected chi connectivity index (χ4v) is 2.65. The summed E-state index contributed by atoms with van der Waals surface area (Å²) in [7, 11) is 0. The van der Waals surface area contributed by atoms with E-state index in [1.54, 1.807) is 0 Å². The highest BCUT2D eigenvalue weighted by molar-refractivity contribution is 7.09. The Labute approximate surface area is 112 Å². The molecular weight excluding hydrogens is 256 g/mol. The molecule has 96 valence electrons. The van der Waals surface area contributed by atoms with Crippen molar-refractivity contribution in [2.75, 3.05) is 0 Å². The van der Waals surface area contributed by atoms with E-state index in [0.29, 0.717) is 18.2 Å². The van der Waals surface area contributed by atoms with Gasteiger partial charge in [-0.25, -0.2) is 4.98 Å². The minimum atomic E-state index is 0.0426. The molecule has 0 saturated heterocycles. The zero-order valence-electron chi connectivity index (χ0n) is 10.5. The number of rotatable bonds is 6. The summed E-state index contributed by atoms with van der Waals surface area (Å²) in [5, 5.41) is 5.77. The van der Waals surface area contributed by atoms with E-state index >= 15 is 0 Å². The van der Waals surface area contributed by atoms with Crippen LogP contribution in [0.2, 0.25) is 0 Å². The highest BCUT2D eigenvalue weighted by Gasteiger charge is 2.15. The smallest absolute Gasteiger partial charge is 0.227 e. The number of carbonyl (C=O) groups is 1. The number of alkyl halides is 1. The SMILES string of the molecule is CCC(NC(=O)Cc1nc(CCl)cs1)C(C)C. The van der Waals surface area contributed by atoms with Crippen molar-refractivity contribution in [2.45, 2.75) is 45.5 Å². The molecule has 0 aromatic carbocycles. The van der Waals surface area contributed by atoms with E-state index in [2.05, 4.69) is 31.1 Å². The van der Waals surface area contributed by atoms with Crippen LogP contribution in [0.5, 0.6) is 0 Å². The van der Waals surface area contributed by atoms with Gasteiger partial charge in [-0.15, -0.1) is 22.9 Å². The summed E-state index contributed by atoms with van der Waals surface area (Å²) in [5.41, 5.74) is 0.843. The molecular formula is C12H19ClN2OS. The molecule has 0 aliphatic heterocycles. The minimum absolute atomic E-state index is 0.0426. The second kappa shape index (κ2) is 6.97. The van der Waals surface area contributed by atoms with Crippen molar-refractivity contribution in [1.82, 2.24) is 10.3 Å². The first kappa shape index (κ1) is 14.5. The van der Waals surface area contributed by atoms with E-state index in [1.165, 1.54) is 11.3 Å². The van der Waals surface area contributed by atoms with Crippen molar-refractivity contribution >= 4 is 28.8 Å². The molecule has 0 spiro atoms. The van der Waals surface area contributed by atoms with Crippen molar-refractivity contribution in [3.63, 3.8) is 0 Å². The van der Waals surface area contributed by atoms with Crippen LogP contribution in [-0.2, 0) is 17.1 Å². The van der Waals surface area contributed by atoms with Gasteiger partial charge in [-0.1, -0.05) is 20.8 Å². The van der Waals surface area contributed by atoms with E-state index in [1.807, 2.05) is 5.38 Å². The van der Waals surface area contributed by atoms with Gasteiger partial charge in [0.2, 0.25) is 5.91 Å². The maximum atomic E-state index is 11.8. The molecule has 1 amide bonds. The lowest BCUT2D eigenvalue weighted by atomic mass is 10.0. The first-order valence-corrected chi connectivity index (χ1v) is 7.26. The van der Waals surface area contributed by atoms with Gasteiger partial charge in [0.05, 0.1) is 18.0 Å². The second-order valence-electron chi connectivity index (χ2n) is 4.37. The van der Waals surface area contributed by atoms with Gasteiger partial charge in [0.1, 0.15) is 5.01 Å². The van der Waals surface area contributed by atoms with Crippen LogP contribution in [0.1, 0.15) is 37.9 Å². The largest absolute Gasteiger partial charge is 0.353 e. The summed E-state index contributed by atoms with van der Waals surface area (Å²) >= 11 is 7.16. The molecule has 1 atom stereocenters. The topological polar surface area (TPSA) is 42.0 Å². The quantitative estimate of drug-likeness (QED) is 0.811. The zero-order chi connectivity index (χ0) is 12.8. The predicted octanol–water partition coefficient (Wildman–Crippen LogP) is 2.98. The number of halogens is 1. The minimum Gasteiger partial charge on any atom is -0.353 e. The average Bonchev–Trinajstić information content (AvgIpc) is 2.73. The number of carbonyl (C=O) groups excluding carboxylic acids is 1. The molecule has 17 heavy (non-hydrogen) atoms. The number of nitrogens with zero attached hydrogens (tertiary/aromatic N) is 1. The average molecular weight is 275 g/mol. The highest BCUT2D eigenvalue weighted by atomic mass is 35.5. The Balaban J connectivity index is 2.48. The van der Waals surface area contributed by atoms with Crippen molar-refractivity contribution in [1.29, 1.82) is 0 Å². The normalized spacial score (nSPS) is 12.8. The van der Waals surface area contributed by atoms with Crippen molar-refractivity contribution < 1.29 is 4.79 Å². The molecule has 0 radical (unpaired) electrons. The molecule has 0 aliphatic rings. The first-order chi connectivity index (χ1) is 8.06. The summed E-state index contributed by atoms with van der Waals surface area (Å²) < 4.78 is 0. The summed E-state index contributed by atoms with van der Waals surface area (Å²) in [6.45, 7) is 6.31. The van der Waals surface area contributed by atoms with Crippen LogP contribution < -0.4 is 5.32 Å². The van der Waals surface area contributed by atoms with E-state index in [0.717, 1.165) is 17.1 Å². The molecule has 1 aromatic rings.